The van der Waals surface area contributed by atoms with Crippen molar-refractivity contribution in [1.82, 2.24) is 9.62 Å². The number of phenolic OH excluding ortho intramolecular Hbond substituents is 2. The molecule has 1 atom stereocenters. The lowest BCUT2D eigenvalue weighted by atomic mass is 9.81. The van der Waals surface area contributed by atoms with Crippen LogP contribution in [0.3, 0.4) is 0 Å². The molecule has 0 bridgehead atoms. The number of phenols is 2. The van der Waals surface area contributed by atoms with Gasteiger partial charge in [0.25, 0.3) is 0 Å². The molecule has 1 unspecified atom stereocenters. The minimum atomic E-state index is -3.56. The number of hydrogen-bond acceptors (Lipinski definition) is 5. The molecule has 0 aromatic heterocycles. The smallest absolute Gasteiger partial charge is 0.243 e. The monoisotopic (exact) mass is 568 g/mol. The van der Waals surface area contributed by atoms with Crippen molar-refractivity contribution in [3.8, 4) is 11.5 Å². The van der Waals surface area contributed by atoms with Crippen molar-refractivity contribution >= 4 is 31.5 Å². The van der Waals surface area contributed by atoms with Crippen molar-refractivity contribution in [2.75, 3.05) is 19.6 Å². The molecule has 188 valence electrons. The molecule has 1 aliphatic heterocycles. The molecule has 6 nitrogen and oxygen atoms in total. The number of allylic oxidation sites excluding steroid dienone is 7. The number of hydrogen-bond donors (Lipinski definition) is 3. The van der Waals surface area contributed by atoms with E-state index in [0.717, 1.165) is 47.1 Å². The minimum Gasteiger partial charge on any atom is -0.508 e. The standard InChI is InChI=1S/C28H29BrN2O4S/c29-26-6-3-5-24-25(26)16-20(23-4-1-2-7-28(23)33)17-27(24)30-18-19-12-14-31(15-13-19)36(34,35)22-10-8-21(32)9-11-22/h1-4,6-11,16-17,19,24,30,32-33H,5,12-15,18H2. The summed E-state index contributed by atoms with van der Waals surface area (Å²) in [4.78, 5) is 0.211. The van der Waals surface area contributed by atoms with Gasteiger partial charge in [-0.3, -0.25) is 0 Å². The van der Waals surface area contributed by atoms with E-state index in [1.165, 1.54) is 29.8 Å². The van der Waals surface area contributed by atoms with Gasteiger partial charge < -0.3 is 15.5 Å². The quantitative estimate of drug-likeness (QED) is 0.440. The topological polar surface area (TPSA) is 89.9 Å². The normalized spacial score (nSPS) is 21.1. The van der Waals surface area contributed by atoms with E-state index in [0.29, 0.717) is 19.0 Å². The molecule has 1 fully saturated rings. The second kappa shape index (κ2) is 10.3. The first-order valence-corrected chi connectivity index (χ1v) is 14.4. The second-order valence-corrected chi connectivity index (χ2v) is 12.2. The third-order valence-electron chi connectivity index (χ3n) is 7.14. The molecule has 2 aromatic rings. The lowest BCUT2D eigenvalue weighted by Crippen LogP contribution is -2.41. The zero-order chi connectivity index (χ0) is 25.3. The Morgan fingerprint density at radius 1 is 1.00 bits per heavy atom. The number of nitrogens with zero attached hydrogens (tertiary/aromatic N) is 1. The molecule has 0 radical (unpaired) electrons. The number of para-hydroxylation sites is 1. The molecule has 3 N–H and O–H groups in total. The molecule has 5 rings (SSSR count). The summed E-state index contributed by atoms with van der Waals surface area (Å²) < 4.78 is 28.5. The van der Waals surface area contributed by atoms with Crippen LogP contribution >= 0.6 is 15.9 Å². The summed E-state index contributed by atoms with van der Waals surface area (Å²) in [5.74, 6) is 0.874. The molecule has 2 aromatic carbocycles. The average molecular weight is 570 g/mol. The summed E-state index contributed by atoms with van der Waals surface area (Å²) in [6.45, 7) is 1.71. The van der Waals surface area contributed by atoms with Gasteiger partial charge in [-0.25, -0.2) is 8.42 Å². The van der Waals surface area contributed by atoms with E-state index < -0.39 is 10.0 Å². The fourth-order valence-electron chi connectivity index (χ4n) is 5.07. The molecule has 0 saturated carbocycles. The van der Waals surface area contributed by atoms with E-state index in [-0.39, 0.29) is 22.3 Å². The lowest BCUT2D eigenvalue weighted by Gasteiger charge is -2.34. The first-order chi connectivity index (χ1) is 17.3. The van der Waals surface area contributed by atoms with Gasteiger partial charge in [-0.2, -0.15) is 4.31 Å². The maximum atomic E-state index is 13.0. The first-order valence-electron chi connectivity index (χ1n) is 12.1. The van der Waals surface area contributed by atoms with Gasteiger partial charge in [0.15, 0.2) is 0 Å². The van der Waals surface area contributed by atoms with E-state index in [1.54, 1.807) is 10.4 Å². The highest BCUT2D eigenvalue weighted by Crippen LogP contribution is 2.41. The van der Waals surface area contributed by atoms with Crippen LogP contribution in [0.2, 0.25) is 0 Å². The molecule has 2 aliphatic carbocycles. The first kappa shape index (κ1) is 24.9. The highest BCUT2D eigenvalue weighted by atomic mass is 79.9. The minimum absolute atomic E-state index is 0.0507. The van der Waals surface area contributed by atoms with Crippen LogP contribution in [0.5, 0.6) is 11.5 Å². The number of nitrogens with one attached hydrogen (secondary N) is 1. The zero-order valence-corrected chi connectivity index (χ0v) is 22.2. The van der Waals surface area contributed by atoms with E-state index in [4.69, 9.17) is 0 Å². The fourth-order valence-corrected chi connectivity index (χ4v) is 7.12. The Hall–Kier alpha value is -2.81. The summed E-state index contributed by atoms with van der Waals surface area (Å²) in [5, 5.41) is 23.6. The molecular formula is C28H29BrN2O4S. The summed E-state index contributed by atoms with van der Waals surface area (Å²) in [6, 6.07) is 13.1. The SMILES string of the molecule is O=S(=O)(c1ccc(O)cc1)N1CCC(CNC2=CC(c3ccccc3O)=CC3=C(Br)C=CCC23)CC1. The fraction of sp³-hybridized carbons (Fsp3) is 0.286. The van der Waals surface area contributed by atoms with Crippen LogP contribution in [-0.2, 0) is 10.0 Å². The van der Waals surface area contributed by atoms with Crippen molar-refractivity contribution in [2.24, 2.45) is 11.8 Å². The van der Waals surface area contributed by atoms with E-state index in [9.17, 15) is 18.6 Å². The van der Waals surface area contributed by atoms with Crippen molar-refractivity contribution < 1.29 is 18.6 Å². The van der Waals surface area contributed by atoms with Crippen LogP contribution in [-0.4, -0.2) is 42.6 Å². The summed E-state index contributed by atoms with van der Waals surface area (Å²) in [6.07, 6.45) is 11.0. The summed E-state index contributed by atoms with van der Waals surface area (Å²) >= 11 is 3.71. The van der Waals surface area contributed by atoms with Crippen LogP contribution in [0, 0.1) is 11.8 Å². The van der Waals surface area contributed by atoms with Gasteiger partial charge in [-0.1, -0.05) is 46.3 Å². The Morgan fingerprint density at radius 3 is 2.44 bits per heavy atom. The highest BCUT2D eigenvalue weighted by Gasteiger charge is 2.31. The Morgan fingerprint density at radius 2 is 1.72 bits per heavy atom. The molecule has 36 heavy (non-hydrogen) atoms. The Bertz CT molecular complexity index is 1370. The summed E-state index contributed by atoms with van der Waals surface area (Å²) in [5.41, 5.74) is 4.07. The third-order valence-corrected chi connectivity index (χ3v) is 9.78. The second-order valence-electron chi connectivity index (χ2n) is 9.43. The zero-order valence-electron chi connectivity index (χ0n) is 19.8. The highest BCUT2D eigenvalue weighted by molar-refractivity contribution is 9.11. The number of rotatable bonds is 6. The van der Waals surface area contributed by atoms with Crippen LogP contribution in [0.1, 0.15) is 24.8 Å². The Kier molecular flexibility index (Phi) is 7.10. The van der Waals surface area contributed by atoms with Crippen molar-refractivity contribution in [1.29, 1.82) is 0 Å². The molecule has 0 amide bonds. The van der Waals surface area contributed by atoms with E-state index >= 15 is 0 Å². The molecule has 1 saturated heterocycles. The average Bonchev–Trinajstić information content (AvgIpc) is 2.88. The Balaban J connectivity index is 1.27. The Labute approximate surface area is 220 Å². The number of fused-ring (bicyclic) bond motifs is 1. The van der Waals surface area contributed by atoms with Gasteiger partial charge in [-0.15, -0.1) is 0 Å². The predicted octanol–water partition coefficient (Wildman–Crippen LogP) is 5.29. The third kappa shape index (κ3) is 5.03. The van der Waals surface area contributed by atoms with Gasteiger partial charge in [0.1, 0.15) is 11.5 Å². The van der Waals surface area contributed by atoms with Crippen LogP contribution in [0.4, 0.5) is 0 Å². The van der Waals surface area contributed by atoms with E-state index in [2.05, 4.69) is 45.6 Å². The summed E-state index contributed by atoms with van der Waals surface area (Å²) in [7, 11) is -3.56. The van der Waals surface area contributed by atoms with Gasteiger partial charge in [0.05, 0.1) is 4.90 Å². The van der Waals surface area contributed by atoms with Crippen molar-refractivity contribution in [3.63, 3.8) is 0 Å². The van der Waals surface area contributed by atoms with Crippen LogP contribution in [0.25, 0.3) is 5.57 Å². The molecule has 8 heteroatoms. The van der Waals surface area contributed by atoms with Crippen molar-refractivity contribution in [3.05, 3.63) is 94.2 Å². The van der Waals surface area contributed by atoms with Gasteiger partial charge in [0.2, 0.25) is 10.0 Å². The molecule has 0 spiro atoms. The van der Waals surface area contributed by atoms with Gasteiger partial charge in [0, 0.05) is 41.3 Å². The van der Waals surface area contributed by atoms with E-state index in [1.807, 2.05) is 18.2 Å². The largest absolute Gasteiger partial charge is 0.508 e. The predicted molar refractivity (Wildman–Crippen MR) is 145 cm³/mol. The van der Waals surface area contributed by atoms with Gasteiger partial charge in [-0.05, 0) is 78.8 Å². The maximum absolute atomic E-state index is 13.0. The number of piperidine rings is 1. The lowest BCUT2D eigenvalue weighted by molar-refractivity contribution is 0.270. The van der Waals surface area contributed by atoms with Crippen LogP contribution < -0.4 is 5.32 Å². The number of aromatic hydroxyl groups is 2. The number of sulfonamides is 1. The molecule has 3 aliphatic rings. The molecular weight excluding hydrogens is 540 g/mol. The number of benzene rings is 2. The van der Waals surface area contributed by atoms with Gasteiger partial charge >= 0.3 is 0 Å². The molecule has 1 heterocycles. The van der Waals surface area contributed by atoms with Crippen LogP contribution in [0.15, 0.2) is 93.5 Å². The maximum Gasteiger partial charge on any atom is 0.243 e. The number of halogens is 1. The van der Waals surface area contributed by atoms with Crippen molar-refractivity contribution in [2.45, 2.75) is 24.2 Å².